The fourth-order valence-electron chi connectivity index (χ4n) is 2.48. The minimum atomic E-state index is -2.39. The standard InChI is InChI=1S/C12H18F2N2/c1-10-15-6-8-16(10)7-2-3-11-4-5-12(13,14)9-11/h6,8,11H,2-5,7,9H2,1H3/t11-/m0/s1. The number of imidazole rings is 1. The van der Waals surface area contributed by atoms with E-state index in [2.05, 4.69) is 9.55 Å². The van der Waals surface area contributed by atoms with Crippen LogP contribution >= 0.6 is 0 Å². The second-order valence-corrected chi connectivity index (χ2v) is 4.77. The molecule has 1 aliphatic carbocycles. The van der Waals surface area contributed by atoms with Gasteiger partial charge in [0.15, 0.2) is 0 Å². The van der Waals surface area contributed by atoms with Gasteiger partial charge in [-0.1, -0.05) is 0 Å². The molecular weight excluding hydrogens is 210 g/mol. The Balaban J connectivity index is 1.71. The Morgan fingerprint density at radius 1 is 1.56 bits per heavy atom. The molecule has 0 radical (unpaired) electrons. The summed E-state index contributed by atoms with van der Waals surface area (Å²) in [5.41, 5.74) is 0. The summed E-state index contributed by atoms with van der Waals surface area (Å²) in [6, 6.07) is 0. The van der Waals surface area contributed by atoms with Crippen LogP contribution in [-0.2, 0) is 6.54 Å². The number of halogens is 2. The molecule has 1 aromatic rings. The average molecular weight is 228 g/mol. The summed E-state index contributed by atoms with van der Waals surface area (Å²) in [6.07, 6.45) is 6.47. The third-order valence-electron chi connectivity index (χ3n) is 3.44. The summed E-state index contributed by atoms with van der Waals surface area (Å²) in [6.45, 7) is 2.86. The van der Waals surface area contributed by atoms with Crippen LogP contribution in [0.15, 0.2) is 12.4 Å². The summed E-state index contributed by atoms with van der Waals surface area (Å²) in [4.78, 5) is 4.13. The van der Waals surface area contributed by atoms with Crippen molar-refractivity contribution in [1.82, 2.24) is 9.55 Å². The van der Waals surface area contributed by atoms with E-state index in [0.29, 0.717) is 6.42 Å². The lowest BCUT2D eigenvalue weighted by atomic mass is 10.0. The molecule has 1 fully saturated rings. The van der Waals surface area contributed by atoms with Crippen LogP contribution in [0.5, 0.6) is 0 Å². The third kappa shape index (κ3) is 2.80. The minimum Gasteiger partial charge on any atom is -0.335 e. The van der Waals surface area contributed by atoms with Gasteiger partial charge in [-0.15, -0.1) is 0 Å². The van der Waals surface area contributed by atoms with E-state index in [1.807, 2.05) is 13.1 Å². The quantitative estimate of drug-likeness (QED) is 0.772. The Morgan fingerprint density at radius 2 is 2.38 bits per heavy atom. The Labute approximate surface area is 94.7 Å². The highest BCUT2D eigenvalue weighted by Gasteiger charge is 2.38. The van der Waals surface area contributed by atoms with Crippen LogP contribution in [0, 0.1) is 12.8 Å². The minimum absolute atomic E-state index is 0.0851. The molecule has 90 valence electrons. The van der Waals surface area contributed by atoms with Gasteiger partial charge >= 0.3 is 0 Å². The zero-order valence-electron chi connectivity index (χ0n) is 9.63. The Kier molecular flexibility index (Phi) is 3.26. The van der Waals surface area contributed by atoms with Gasteiger partial charge in [0.1, 0.15) is 5.82 Å². The monoisotopic (exact) mass is 228 g/mol. The fraction of sp³-hybridized carbons (Fsp3) is 0.750. The second-order valence-electron chi connectivity index (χ2n) is 4.77. The van der Waals surface area contributed by atoms with Gasteiger partial charge in [-0.3, -0.25) is 0 Å². The van der Waals surface area contributed by atoms with Gasteiger partial charge in [-0.2, -0.15) is 0 Å². The summed E-state index contributed by atoms with van der Waals surface area (Å²) >= 11 is 0. The number of nitrogens with zero attached hydrogens (tertiary/aromatic N) is 2. The summed E-state index contributed by atoms with van der Waals surface area (Å²) < 4.78 is 28.0. The number of aryl methyl sites for hydroxylation is 2. The van der Waals surface area contributed by atoms with Crippen molar-refractivity contribution in [2.45, 2.75) is 51.5 Å². The Bertz CT molecular complexity index is 347. The van der Waals surface area contributed by atoms with Crippen LogP contribution in [0.25, 0.3) is 0 Å². The van der Waals surface area contributed by atoms with Gasteiger partial charge in [0, 0.05) is 31.8 Å². The molecule has 0 aliphatic heterocycles. The first-order valence-corrected chi connectivity index (χ1v) is 5.92. The number of aromatic nitrogens is 2. The van der Waals surface area contributed by atoms with Gasteiger partial charge in [-0.05, 0) is 32.1 Å². The molecule has 1 saturated carbocycles. The fourth-order valence-corrected chi connectivity index (χ4v) is 2.48. The molecule has 2 nitrogen and oxygen atoms in total. The summed E-state index contributed by atoms with van der Waals surface area (Å²) in [7, 11) is 0. The molecule has 0 N–H and O–H groups in total. The topological polar surface area (TPSA) is 17.8 Å². The molecular formula is C12H18F2N2. The van der Waals surface area contributed by atoms with Gasteiger partial charge in [0.25, 0.3) is 0 Å². The molecule has 0 spiro atoms. The van der Waals surface area contributed by atoms with Crippen LogP contribution in [0.1, 0.15) is 37.9 Å². The third-order valence-corrected chi connectivity index (χ3v) is 3.44. The zero-order valence-corrected chi connectivity index (χ0v) is 9.63. The molecule has 4 heteroatoms. The Morgan fingerprint density at radius 3 is 2.94 bits per heavy atom. The predicted octanol–water partition coefficient (Wildman–Crippen LogP) is 3.41. The predicted molar refractivity (Wildman–Crippen MR) is 58.5 cm³/mol. The van der Waals surface area contributed by atoms with Gasteiger partial charge in [0.05, 0.1) is 0 Å². The van der Waals surface area contributed by atoms with E-state index in [1.165, 1.54) is 0 Å². The first-order valence-electron chi connectivity index (χ1n) is 5.92. The zero-order chi connectivity index (χ0) is 11.6. The lowest BCUT2D eigenvalue weighted by Gasteiger charge is -2.11. The molecule has 0 amide bonds. The normalized spacial score (nSPS) is 23.8. The molecule has 0 unspecified atom stereocenters. The molecule has 0 aromatic carbocycles. The van der Waals surface area contributed by atoms with Crippen molar-refractivity contribution in [2.75, 3.05) is 0 Å². The van der Waals surface area contributed by atoms with Gasteiger partial charge < -0.3 is 4.57 Å². The van der Waals surface area contributed by atoms with E-state index in [0.717, 1.165) is 25.2 Å². The molecule has 16 heavy (non-hydrogen) atoms. The number of hydrogen-bond acceptors (Lipinski definition) is 1. The van der Waals surface area contributed by atoms with Crippen molar-refractivity contribution >= 4 is 0 Å². The summed E-state index contributed by atoms with van der Waals surface area (Å²) in [5.74, 6) is -1.18. The largest absolute Gasteiger partial charge is 0.335 e. The average Bonchev–Trinajstić information content (AvgIpc) is 2.74. The molecule has 1 aliphatic rings. The molecule has 1 atom stereocenters. The molecule has 1 heterocycles. The first-order chi connectivity index (χ1) is 7.57. The van der Waals surface area contributed by atoms with E-state index >= 15 is 0 Å². The molecule has 0 bridgehead atoms. The lowest BCUT2D eigenvalue weighted by molar-refractivity contribution is 0.00460. The van der Waals surface area contributed by atoms with E-state index in [1.54, 1.807) is 6.20 Å². The van der Waals surface area contributed by atoms with Crippen molar-refractivity contribution < 1.29 is 8.78 Å². The van der Waals surface area contributed by atoms with Crippen molar-refractivity contribution in [1.29, 1.82) is 0 Å². The highest BCUT2D eigenvalue weighted by Crippen LogP contribution is 2.40. The smallest absolute Gasteiger partial charge is 0.248 e. The number of hydrogen-bond donors (Lipinski definition) is 0. The van der Waals surface area contributed by atoms with E-state index in [4.69, 9.17) is 0 Å². The van der Waals surface area contributed by atoms with E-state index < -0.39 is 5.92 Å². The maximum atomic E-state index is 12.9. The highest BCUT2D eigenvalue weighted by molar-refractivity contribution is 4.88. The van der Waals surface area contributed by atoms with Crippen molar-refractivity contribution in [3.05, 3.63) is 18.2 Å². The van der Waals surface area contributed by atoms with Gasteiger partial charge in [0.2, 0.25) is 5.92 Å². The van der Waals surface area contributed by atoms with Crippen LogP contribution in [-0.4, -0.2) is 15.5 Å². The van der Waals surface area contributed by atoms with Crippen LogP contribution in [0.2, 0.25) is 0 Å². The van der Waals surface area contributed by atoms with E-state index in [-0.39, 0.29) is 18.8 Å². The lowest BCUT2D eigenvalue weighted by Crippen LogP contribution is -2.10. The molecule has 0 saturated heterocycles. The SMILES string of the molecule is Cc1nccn1CCC[C@H]1CCC(F)(F)C1. The molecule has 1 aromatic heterocycles. The van der Waals surface area contributed by atoms with Gasteiger partial charge in [-0.25, -0.2) is 13.8 Å². The van der Waals surface area contributed by atoms with Crippen LogP contribution in [0.4, 0.5) is 8.78 Å². The van der Waals surface area contributed by atoms with Crippen molar-refractivity contribution in [3.8, 4) is 0 Å². The number of alkyl halides is 2. The van der Waals surface area contributed by atoms with E-state index in [9.17, 15) is 8.78 Å². The molecule has 2 rings (SSSR count). The maximum absolute atomic E-state index is 12.9. The maximum Gasteiger partial charge on any atom is 0.248 e. The summed E-state index contributed by atoms with van der Waals surface area (Å²) in [5, 5.41) is 0. The first kappa shape index (κ1) is 11.6. The Hall–Kier alpha value is -0.930. The van der Waals surface area contributed by atoms with Crippen LogP contribution < -0.4 is 0 Å². The van der Waals surface area contributed by atoms with Crippen molar-refractivity contribution in [2.24, 2.45) is 5.92 Å². The highest BCUT2D eigenvalue weighted by atomic mass is 19.3. The number of rotatable bonds is 4. The van der Waals surface area contributed by atoms with Crippen molar-refractivity contribution in [3.63, 3.8) is 0 Å². The van der Waals surface area contributed by atoms with Crippen LogP contribution in [0.3, 0.4) is 0 Å². The second kappa shape index (κ2) is 4.52.